The van der Waals surface area contributed by atoms with Crippen LogP contribution < -0.4 is 5.73 Å². The molecule has 0 radical (unpaired) electrons. The monoisotopic (exact) mass is 337 g/mol. The van der Waals surface area contributed by atoms with Gasteiger partial charge in [0.05, 0.1) is 5.69 Å². The van der Waals surface area contributed by atoms with Gasteiger partial charge in [-0.05, 0) is 49.0 Å². The van der Waals surface area contributed by atoms with E-state index in [2.05, 4.69) is 74.3 Å². The molecule has 2 rings (SSSR count). The number of anilines is 1. The number of aryl methyl sites for hydroxylation is 1. The Morgan fingerprint density at radius 3 is 2.40 bits per heavy atom. The van der Waals surface area contributed by atoms with Gasteiger partial charge >= 0.3 is 0 Å². The van der Waals surface area contributed by atoms with Gasteiger partial charge in [-0.15, -0.1) is 10.2 Å². The van der Waals surface area contributed by atoms with Gasteiger partial charge in [0, 0.05) is 0 Å². The van der Waals surface area contributed by atoms with E-state index in [0.717, 1.165) is 17.7 Å². The minimum absolute atomic E-state index is 0.437. The number of hydrogen-bond donors (Lipinski definition) is 1. The van der Waals surface area contributed by atoms with Crippen LogP contribution in [0.2, 0.25) is 0 Å². The third-order valence-electron chi connectivity index (χ3n) is 4.82. The smallest absolute Gasteiger partial charge is 0.149 e. The molecule has 1 unspecified atom stereocenters. The molecule has 0 spiro atoms. The molecule has 0 bridgehead atoms. The van der Waals surface area contributed by atoms with Crippen molar-refractivity contribution in [2.45, 2.75) is 65.7 Å². The second-order valence-electron chi connectivity index (χ2n) is 7.00. The van der Waals surface area contributed by atoms with Crippen molar-refractivity contribution in [3.8, 4) is 0 Å². The first-order valence-corrected chi connectivity index (χ1v) is 9.40. The molecule has 2 aromatic rings. The number of nitrogens with two attached hydrogens (primary N) is 1. The van der Waals surface area contributed by atoms with E-state index in [0.29, 0.717) is 11.7 Å². The molecular weight excluding hydrogens is 306 g/mol. The van der Waals surface area contributed by atoms with E-state index in [9.17, 15) is 0 Å². The normalized spacial score (nSPS) is 12.6. The second kappa shape index (κ2) is 9.36. The minimum Gasteiger partial charge on any atom is -0.382 e. The Hall–Kier alpha value is -2.16. The van der Waals surface area contributed by atoms with Crippen molar-refractivity contribution in [2.24, 2.45) is 0 Å². The summed E-state index contributed by atoms with van der Waals surface area (Å²) in [4.78, 5) is 0. The van der Waals surface area contributed by atoms with Crippen molar-refractivity contribution < 1.29 is 0 Å². The van der Waals surface area contributed by atoms with Crippen molar-refractivity contribution in [1.29, 1.82) is 0 Å². The zero-order valence-electron chi connectivity index (χ0n) is 16.0. The van der Waals surface area contributed by atoms with Gasteiger partial charge in [0.2, 0.25) is 0 Å². The summed E-state index contributed by atoms with van der Waals surface area (Å²) in [6.45, 7) is 8.68. The van der Waals surface area contributed by atoms with Gasteiger partial charge in [0.25, 0.3) is 0 Å². The summed E-state index contributed by atoms with van der Waals surface area (Å²) in [5.41, 5.74) is 11.7. The Morgan fingerprint density at radius 2 is 1.72 bits per heavy atom. The predicted molar refractivity (Wildman–Crippen MR) is 108 cm³/mol. The third kappa shape index (κ3) is 5.42. The highest BCUT2D eigenvalue weighted by molar-refractivity contribution is 5.71. The summed E-state index contributed by atoms with van der Waals surface area (Å²) < 4.78 is 0. The first-order chi connectivity index (χ1) is 12.0. The lowest BCUT2D eigenvalue weighted by molar-refractivity contribution is 0.576. The Morgan fingerprint density at radius 1 is 1.00 bits per heavy atom. The van der Waals surface area contributed by atoms with Crippen molar-refractivity contribution in [3.05, 3.63) is 52.2 Å². The molecule has 3 heteroatoms. The first kappa shape index (κ1) is 19.2. The van der Waals surface area contributed by atoms with E-state index in [1.54, 1.807) is 0 Å². The highest BCUT2D eigenvalue weighted by atomic mass is 15.1. The molecule has 25 heavy (non-hydrogen) atoms. The molecule has 1 atom stereocenters. The van der Waals surface area contributed by atoms with Crippen molar-refractivity contribution in [2.75, 3.05) is 5.73 Å². The maximum absolute atomic E-state index is 6.03. The van der Waals surface area contributed by atoms with Crippen LogP contribution in [-0.2, 0) is 0 Å². The standard InChI is InChI=1S/C22H31N3/c1-5-6-7-8-9-17(3)21-18(4)22(23)25-24-20(21)15-14-19-12-10-16(2)11-13-19/h10-15,17H,5-9H2,1-4H3,(H2,23,25)/b15-14+. The molecular formula is C22H31N3. The van der Waals surface area contributed by atoms with Gasteiger partial charge in [-0.1, -0.05) is 75.4 Å². The Kier molecular flexibility index (Phi) is 7.17. The molecule has 3 nitrogen and oxygen atoms in total. The van der Waals surface area contributed by atoms with Crippen LogP contribution in [-0.4, -0.2) is 10.2 Å². The van der Waals surface area contributed by atoms with E-state index in [4.69, 9.17) is 5.73 Å². The lowest BCUT2D eigenvalue weighted by Gasteiger charge is -2.17. The van der Waals surface area contributed by atoms with Crippen LogP contribution >= 0.6 is 0 Å². The molecule has 0 saturated heterocycles. The molecule has 1 aromatic heterocycles. The summed E-state index contributed by atoms with van der Waals surface area (Å²) >= 11 is 0. The first-order valence-electron chi connectivity index (χ1n) is 9.40. The van der Waals surface area contributed by atoms with Crippen molar-refractivity contribution >= 4 is 18.0 Å². The van der Waals surface area contributed by atoms with Crippen molar-refractivity contribution in [3.63, 3.8) is 0 Å². The summed E-state index contributed by atoms with van der Waals surface area (Å²) in [6.07, 6.45) is 10.5. The lowest BCUT2D eigenvalue weighted by atomic mass is 9.90. The quantitative estimate of drug-likeness (QED) is 0.608. The van der Waals surface area contributed by atoms with E-state index >= 15 is 0 Å². The molecule has 0 aliphatic rings. The van der Waals surface area contributed by atoms with Crippen LogP contribution in [0, 0.1) is 13.8 Å². The fourth-order valence-electron chi connectivity index (χ4n) is 3.19. The average molecular weight is 338 g/mol. The van der Waals surface area contributed by atoms with E-state index in [1.165, 1.54) is 42.4 Å². The molecule has 2 N–H and O–H groups in total. The molecule has 1 aromatic carbocycles. The third-order valence-corrected chi connectivity index (χ3v) is 4.82. The van der Waals surface area contributed by atoms with Gasteiger partial charge in [0.1, 0.15) is 5.82 Å². The number of nitrogens with zero attached hydrogens (tertiary/aromatic N) is 2. The number of unbranched alkanes of at least 4 members (excludes halogenated alkanes) is 3. The number of hydrogen-bond acceptors (Lipinski definition) is 3. The number of rotatable bonds is 8. The van der Waals surface area contributed by atoms with Crippen LogP contribution in [0.3, 0.4) is 0 Å². The predicted octanol–water partition coefficient (Wildman–Crippen LogP) is 5.92. The molecule has 1 heterocycles. The summed E-state index contributed by atoms with van der Waals surface area (Å²) in [6, 6.07) is 8.49. The van der Waals surface area contributed by atoms with Gasteiger partial charge in [-0.2, -0.15) is 0 Å². The minimum atomic E-state index is 0.437. The van der Waals surface area contributed by atoms with Gasteiger partial charge in [-0.25, -0.2) is 0 Å². The van der Waals surface area contributed by atoms with Crippen LogP contribution in [0.15, 0.2) is 24.3 Å². The van der Waals surface area contributed by atoms with Gasteiger partial charge in [0.15, 0.2) is 0 Å². The largest absolute Gasteiger partial charge is 0.382 e. The fourth-order valence-corrected chi connectivity index (χ4v) is 3.19. The number of aromatic nitrogens is 2. The highest BCUT2D eigenvalue weighted by Crippen LogP contribution is 2.30. The maximum Gasteiger partial charge on any atom is 0.149 e. The second-order valence-corrected chi connectivity index (χ2v) is 7.00. The summed E-state index contributed by atoms with van der Waals surface area (Å²) in [7, 11) is 0. The van der Waals surface area contributed by atoms with Crippen LogP contribution in [0.4, 0.5) is 5.82 Å². The Bertz CT molecular complexity index is 702. The zero-order valence-corrected chi connectivity index (χ0v) is 16.0. The molecule has 0 saturated carbocycles. The van der Waals surface area contributed by atoms with E-state index in [-0.39, 0.29) is 0 Å². The van der Waals surface area contributed by atoms with E-state index in [1.807, 2.05) is 0 Å². The summed E-state index contributed by atoms with van der Waals surface area (Å²) in [5, 5.41) is 8.51. The lowest BCUT2D eigenvalue weighted by Crippen LogP contribution is -2.08. The highest BCUT2D eigenvalue weighted by Gasteiger charge is 2.16. The van der Waals surface area contributed by atoms with E-state index < -0.39 is 0 Å². The number of nitrogen functional groups attached to an aromatic ring is 1. The van der Waals surface area contributed by atoms with Crippen LogP contribution in [0.1, 0.15) is 79.8 Å². The molecule has 0 amide bonds. The SMILES string of the molecule is CCCCCCC(C)c1c(/C=C/c2ccc(C)cc2)nnc(N)c1C. The Balaban J connectivity index is 2.22. The molecule has 0 aliphatic carbocycles. The molecule has 134 valence electrons. The molecule has 0 fully saturated rings. The maximum atomic E-state index is 6.03. The Labute approximate surface area is 152 Å². The summed E-state index contributed by atoms with van der Waals surface area (Å²) in [5.74, 6) is 0.982. The van der Waals surface area contributed by atoms with Crippen LogP contribution in [0.5, 0.6) is 0 Å². The van der Waals surface area contributed by atoms with Crippen molar-refractivity contribution in [1.82, 2.24) is 10.2 Å². The zero-order chi connectivity index (χ0) is 18.2. The average Bonchev–Trinajstić information content (AvgIpc) is 2.61. The van der Waals surface area contributed by atoms with Crippen LogP contribution in [0.25, 0.3) is 12.2 Å². The number of benzene rings is 1. The molecule has 0 aliphatic heterocycles. The van der Waals surface area contributed by atoms with Gasteiger partial charge < -0.3 is 5.73 Å². The fraction of sp³-hybridized carbons (Fsp3) is 0.455. The van der Waals surface area contributed by atoms with Gasteiger partial charge in [-0.3, -0.25) is 0 Å². The topological polar surface area (TPSA) is 51.8 Å².